The molecule has 0 unspecified atom stereocenters. The molecule has 3 aromatic carbocycles. The van der Waals surface area contributed by atoms with E-state index < -0.39 is 0 Å². The minimum atomic E-state index is -0.203. The third-order valence-electron chi connectivity index (χ3n) is 4.18. The van der Waals surface area contributed by atoms with Gasteiger partial charge in [0.25, 0.3) is 5.91 Å². The van der Waals surface area contributed by atoms with E-state index in [4.69, 9.17) is 4.74 Å². The molecule has 0 aliphatic rings. The normalized spacial score (nSPS) is 10.7. The highest BCUT2D eigenvalue weighted by Gasteiger charge is 2.12. The number of aryl methyl sites for hydroxylation is 1. The largest absolute Gasteiger partial charge is 0.457 e. The fraction of sp³-hybridized carbons (Fsp3) is 0.0909. The first-order chi connectivity index (χ1) is 13.2. The maximum atomic E-state index is 12.7. The number of benzene rings is 3. The maximum absolute atomic E-state index is 12.7. The van der Waals surface area contributed by atoms with Crippen LogP contribution < -0.4 is 10.1 Å². The van der Waals surface area contributed by atoms with Crippen LogP contribution in [0, 0.1) is 0 Å². The van der Waals surface area contributed by atoms with Crippen LogP contribution in [0.15, 0.2) is 72.8 Å². The van der Waals surface area contributed by atoms with Crippen LogP contribution in [0.1, 0.15) is 22.8 Å². The van der Waals surface area contributed by atoms with Gasteiger partial charge in [-0.25, -0.2) is 4.98 Å². The average Bonchev–Trinajstić information content (AvgIpc) is 3.11. The molecule has 0 atom stereocenters. The van der Waals surface area contributed by atoms with Gasteiger partial charge in [0.15, 0.2) is 5.13 Å². The summed E-state index contributed by atoms with van der Waals surface area (Å²) >= 11 is 1.48. The van der Waals surface area contributed by atoms with Gasteiger partial charge in [-0.2, -0.15) is 0 Å². The van der Waals surface area contributed by atoms with Crippen LogP contribution in [0.5, 0.6) is 11.5 Å². The van der Waals surface area contributed by atoms with E-state index in [0.29, 0.717) is 16.4 Å². The van der Waals surface area contributed by atoms with Crippen molar-refractivity contribution in [3.8, 4) is 11.5 Å². The molecular weight excluding hydrogens is 356 g/mol. The summed E-state index contributed by atoms with van der Waals surface area (Å²) in [4.78, 5) is 17.2. The highest BCUT2D eigenvalue weighted by molar-refractivity contribution is 7.22. The van der Waals surface area contributed by atoms with Gasteiger partial charge >= 0.3 is 0 Å². The molecule has 1 aromatic heterocycles. The first-order valence-electron chi connectivity index (χ1n) is 8.75. The number of amides is 1. The van der Waals surface area contributed by atoms with Crippen LogP contribution in [-0.4, -0.2) is 10.9 Å². The van der Waals surface area contributed by atoms with E-state index in [9.17, 15) is 4.79 Å². The summed E-state index contributed by atoms with van der Waals surface area (Å²) in [5.74, 6) is 1.14. The Morgan fingerprint density at radius 1 is 1.00 bits per heavy atom. The number of fused-ring (bicyclic) bond motifs is 1. The number of rotatable bonds is 5. The minimum Gasteiger partial charge on any atom is -0.457 e. The lowest BCUT2D eigenvalue weighted by molar-refractivity contribution is 0.102. The number of hydrogen-bond donors (Lipinski definition) is 1. The second kappa shape index (κ2) is 7.60. The molecule has 1 heterocycles. The molecule has 0 saturated heterocycles. The molecule has 0 radical (unpaired) electrons. The van der Waals surface area contributed by atoms with Gasteiger partial charge in [0.1, 0.15) is 11.5 Å². The number of ether oxygens (including phenoxy) is 1. The molecule has 1 N–H and O–H groups in total. The molecule has 4 aromatic rings. The molecular formula is C22H18N2O2S. The summed E-state index contributed by atoms with van der Waals surface area (Å²) in [5.41, 5.74) is 2.67. The van der Waals surface area contributed by atoms with Gasteiger partial charge in [-0.3, -0.25) is 10.1 Å². The van der Waals surface area contributed by atoms with Gasteiger partial charge in [-0.15, -0.1) is 0 Å². The van der Waals surface area contributed by atoms with Crippen molar-refractivity contribution in [2.45, 2.75) is 13.3 Å². The molecule has 4 rings (SSSR count). The van der Waals surface area contributed by atoms with E-state index in [1.165, 1.54) is 16.9 Å². The predicted molar refractivity (Wildman–Crippen MR) is 110 cm³/mol. The number of carbonyl (C=O) groups is 1. The molecule has 0 aliphatic heterocycles. The van der Waals surface area contributed by atoms with Gasteiger partial charge in [-0.1, -0.05) is 54.7 Å². The smallest absolute Gasteiger partial charge is 0.257 e. The fourth-order valence-electron chi connectivity index (χ4n) is 2.84. The number of carbonyl (C=O) groups excluding carboxylic acids is 1. The molecule has 5 heteroatoms. The Hall–Kier alpha value is -3.18. The second-order valence-corrected chi connectivity index (χ2v) is 7.06. The van der Waals surface area contributed by atoms with E-state index in [1.807, 2.05) is 48.5 Å². The van der Waals surface area contributed by atoms with Crippen molar-refractivity contribution in [3.05, 3.63) is 83.9 Å². The summed E-state index contributed by atoms with van der Waals surface area (Å²) < 4.78 is 6.88. The van der Waals surface area contributed by atoms with Crippen LogP contribution in [0.2, 0.25) is 0 Å². The molecule has 0 fully saturated rings. The zero-order valence-corrected chi connectivity index (χ0v) is 15.6. The van der Waals surface area contributed by atoms with E-state index in [0.717, 1.165) is 22.4 Å². The lowest BCUT2D eigenvalue weighted by Gasteiger charge is -2.07. The van der Waals surface area contributed by atoms with Crippen molar-refractivity contribution >= 4 is 32.6 Å². The third-order valence-corrected chi connectivity index (χ3v) is 5.12. The van der Waals surface area contributed by atoms with Crippen molar-refractivity contribution in [1.29, 1.82) is 0 Å². The number of hydrogen-bond acceptors (Lipinski definition) is 4. The molecule has 27 heavy (non-hydrogen) atoms. The Bertz CT molecular complexity index is 1090. The van der Waals surface area contributed by atoms with Crippen LogP contribution in [0.3, 0.4) is 0 Å². The Morgan fingerprint density at radius 3 is 2.59 bits per heavy atom. The number of para-hydroxylation sites is 2. The second-order valence-electron chi connectivity index (χ2n) is 6.03. The Labute approximate surface area is 161 Å². The molecule has 0 aliphatic carbocycles. The summed E-state index contributed by atoms with van der Waals surface area (Å²) in [6.45, 7) is 2.10. The van der Waals surface area contributed by atoms with Gasteiger partial charge in [0.2, 0.25) is 0 Å². The van der Waals surface area contributed by atoms with Crippen LogP contribution >= 0.6 is 11.3 Å². The topological polar surface area (TPSA) is 51.2 Å². The average molecular weight is 374 g/mol. The monoisotopic (exact) mass is 374 g/mol. The number of nitrogens with zero attached hydrogens (tertiary/aromatic N) is 1. The van der Waals surface area contributed by atoms with Crippen molar-refractivity contribution in [3.63, 3.8) is 0 Å². The Morgan fingerprint density at radius 2 is 1.78 bits per heavy atom. The van der Waals surface area contributed by atoms with Gasteiger partial charge in [0.05, 0.1) is 10.2 Å². The third kappa shape index (κ3) is 3.83. The molecule has 134 valence electrons. The van der Waals surface area contributed by atoms with Crippen LogP contribution in [0.25, 0.3) is 10.2 Å². The van der Waals surface area contributed by atoms with Crippen molar-refractivity contribution in [2.75, 3.05) is 5.32 Å². The molecule has 1 amide bonds. The number of thiazole rings is 1. The van der Waals surface area contributed by atoms with E-state index in [2.05, 4.69) is 23.3 Å². The lowest BCUT2D eigenvalue weighted by atomic mass is 10.1. The van der Waals surface area contributed by atoms with Gasteiger partial charge < -0.3 is 4.74 Å². The quantitative estimate of drug-likeness (QED) is 0.473. The Kier molecular flexibility index (Phi) is 4.85. The summed E-state index contributed by atoms with van der Waals surface area (Å²) in [5, 5.41) is 3.51. The SMILES string of the molecule is CCc1cccc2sc(NC(=O)c3cccc(Oc4ccccc4)c3)nc12. The first kappa shape index (κ1) is 17.2. The predicted octanol–water partition coefficient (Wildman–Crippen LogP) is 5.90. The standard InChI is InChI=1S/C22H18N2O2S/c1-2-15-8-7-13-19-20(15)23-22(27-19)24-21(25)16-9-6-12-18(14-16)26-17-10-4-3-5-11-17/h3-14H,2H2,1H3,(H,23,24,25). The van der Waals surface area contributed by atoms with E-state index >= 15 is 0 Å². The summed E-state index contributed by atoms with van der Waals surface area (Å²) in [7, 11) is 0. The molecule has 0 spiro atoms. The fourth-order valence-corrected chi connectivity index (χ4v) is 3.75. The first-order valence-corrected chi connectivity index (χ1v) is 9.57. The number of aromatic nitrogens is 1. The minimum absolute atomic E-state index is 0.203. The van der Waals surface area contributed by atoms with Crippen molar-refractivity contribution < 1.29 is 9.53 Å². The molecule has 0 bridgehead atoms. The van der Waals surface area contributed by atoms with Crippen LogP contribution in [0.4, 0.5) is 5.13 Å². The summed E-state index contributed by atoms with van der Waals surface area (Å²) in [6, 6.07) is 22.7. The van der Waals surface area contributed by atoms with E-state index in [-0.39, 0.29) is 5.91 Å². The highest BCUT2D eigenvalue weighted by Crippen LogP contribution is 2.29. The maximum Gasteiger partial charge on any atom is 0.257 e. The van der Waals surface area contributed by atoms with Crippen molar-refractivity contribution in [2.24, 2.45) is 0 Å². The lowest BCUT2D eigenvalue weighted by Crippen LogP contribution is -2.11. The molecule has 4 nitrogen and oxygen atoms in total. The number of anilines is 1. The Balaban J connectivity index is 1.54. The number of nitrogens with one attached hydrogen (secondary N) is 1. The van der Waals surface area contributed by atoms with Crippen LogP contribution in [-0.2, 0) is 6.42 Å². The van der Waals surface area contributed by atoms with Crippen molar-refractivity contribution in [1.82, 2.24) is 4.98 Å². The van der Waals surface area contributed by atoms with E-state index in [1.54, 1.807) is 18.2 Å². The highest BCUT2D eigenvalue weighted by atomic mass is 32.1. The summed E-state index contributed by atoms with van der Waals surface area (Å²) in [6.07, 6.45) is 0.910. The van der Waals surface area contributed by atoms with Gasteiger partial charge in [-0.05, 0) is 48.4 Å². The molecule has 0 saturated carbocycles. The zero-order valence-electron chi connectivity index (χ0n) is 14.8. The zero-order chi connectivity index (χ0) is 18.6. The van der Waals surface area contributed by atoms with Gasteiger partial charge in [0, 0.05) is 5.56 Å².